The van der Waals surface area contributed by atoms with Gasteiger partial charge in [0.05, 0.1) is 12.7 Å². The van der Waals surface area contributed by atoms with Gasteiger partial charge in [-0.25, -0.2) is 0 Å². The molecule has 0 unspecified atom stereocenters. The van der Waals surface area contributed by atoms with Gasteiger partial charge in [0.15, 0.2) is 6.61 Å². The van der Waals surface area contributed by atoms with Gasteiger partial charge in [-0.1, -0.05) is 17.7 Å². The first-order valence-electron chi connectivity index (χ1n) is 7.84. The molecular weight excluding hydrogens is 320 g/mol. The van der Waals surface area contributed by atoms with Crippen molar-refractivity contribution in [3.8, 4) is 11.5 Å². The Morgan fingerprint density at radius 2 is 1.60 bits per heavy atom. The molecule has 0 saturated heterocycles. The zero-order valence-electron chi connectivity index (χ0n) is 14.8. The second-order valence-electron chi connectivity index (χ2n) is 5.82. The van der Waals surface area contributed by atoms with Crippen LogP contribution in [-0.2, 0) is 4.79 Å². The molecule has 6 heteroatoms. The molecule has 25 heavy (non-hydrogen) atoms. The van der Waals surface area contributed by atoms with E-state index >= 15 is 0 Å². The Morgan fingerprint density at radius 3 is 2.24 bits per heavy atom. The van der Waals surface area contributed by atoms with Crippen molar-refractivity contribution in [2.24, 2.45) is 0 Å². The number of amides is 2. The molecule has 0 fully saturated rings. The van der Waals surface area contributed by atoms with Crippen molar-refractivity contribution in [3.05, 3.63) is 58.7 Å². The molecule has 6 nitrogen and oxygen atoms in total. The lowest BCUT2D eigenvalue weighted by atomic mass is 10.1. The number of carbonyl (C=O) groups excluding carboxylic acids is 2. The SMILES string of the molecule is COc1ccc(C)cc1C(=O)NNC(=O)COc1cc(C)cc(C)c1. The molecule has 0 aromatic heterocycles. The minimum atomic E-state index is -0.459. The maximum absolute atomic E-state index is 12.2. The molecule has 0 aliphatic heterocycles. The third kappa shape index (κ3) is 5.24. The number of benzene rings is 2. The van der Waals surface area contributed by atoms with Gasteiger partial charge in [0.1, 0.15) is 11.5 Å². The minimum absolute atomic E-state index is 0.200. The zero-order chi connectivity index (χ0) is 18.4. The van der Waals surface area contributed by atoms with Crippen molar-refractivity contribution in [2.45, 2.75) is 20.8 Å². The fraction of sp³-hybridized carbons (Fsp3) is 0.263. The predicted molar refractivity (Wildman–Crippen MR) is 94.8 cm³/mol. The van der Waals surface area contributed by atoms with Gasteiger partial charge in [0, 0.05) is 0 Å². The molecule has 2 amide bonds. The van der Waals surface area contributed by atoms with Crippen molar-refractivity contribution in [2.75, 3.05) is 13.7 Å². The van der Waals surface area contributed by atoms with Gasteiger partial charge in [0.25, 0.3) is 11.8 Å². The Hall–Kier alpha value is -3.02. The van der Waals surface area contributed by atoms with E-state index < -0.39 is 11.8 Å². The Balaban J connectivity index is 1.89. The van der Waals surface area contributed by atoms with Crippen molar-refractivity contribution < 1.29 is 19.1 Å². The van der Waals surface area contributed by atoms with Crippen molar-refractivity contribution in [1.29, 1.82) is 0 Å². The highest BCUT2D eigenvalue weighted by Crippen LogP contribution is 2.19. The number of rotatable bonds is 5. The summed E-state index contributed by atoms with van der Waals surface area (Å²) in [5.74, 6) is 0.127. The van der Waals surface area contributed by atoms with Crippen LogP contribution in [-0.4, -0.2) is 25.5 Å². The van der Waals surface area contributed by atoms with Crippen LogP contribution < -0.4 is 20.3 Å². The summed E-state index contributed by atoms with van der Waals surface area (Å²) in [6.45, 7) is 5.57. The molecule has 0 atom stereocenters. The molecule has 2 N–H and O–H groups in total. The number of carbonyl (C=O) groups is 2. The second-order valence-corrected chi connectivity index (χ2v) is 5.82. The summed E-state index contributed by atoms with van der Waals surface area (Å²) in [5, 5.41) is 0. The average molecular weight is 342 g/mol. The van der Waals surface area contributed by atoms with Crippen LogP contribution in [0.5, 0.6) is 11.5 Å². The summed E-state index contributed by atoms with van der Waals surface area (Å²) < 4.78 is 10.6. The summed E-state index contributed by atoms with van der Waals surface area (Å²) in [5.41, 5.74) is 8.05. The predicted octanol–water partition coefficient (Wildman–Crippen LogP) is 2.46. The molecule has 2 aromatic carbocycles. The smallest absolute Gasteiger partial charge is 0.276 e. The number of hydrogen-bond donors (Lipinski definition) is 2. The molecule has 2 aromatic rings. The van der Waals surface area contributed by atoms with E-state index in [1.54, 1.807) is 12.1 Å². The standard InChI is InChI=1S/C19H22N2O4/c1-12-5-6-17(24-4)16(10-12)19(23)21-20-18(22)11-25-15-8-13(2)7-14(3)9-15/h5-10H,11H2,1-4H3,(H,20,22)(H,21,23). The molecule has 0 heterocycles. The summed E-state index contributed by atoms with van der Waals surface area (Å²) in [6.07, 6.45) is 0. The van der Waals surface area contributed by atoms with E-state index in [0.717, 1.165) is 16.7 Å². The van der Waals surface area contributed by atoms with E-state index in [-0.39, 0.29) is 6.61 Å². The van der Waals surface area contributed by atoms with Gasteiger partial charge in [0.2, 0.25) is 0 Å². The topological polar surface area (TPSA) is 76.7 Å². The molecule has 0 saturated carbocycles. The van der Waals surface area contributed by atoms with Crippen LogP contribution >= 0.6 is 0 Å². The Labute approximate surface area is 147 Å². The first-order valence-corrected chi connectivity index (χ1v) is 7.84. The lowest BCUT2D eigenvalue weighted by molar-refractivity contribution is -0.123. The van der Waals surface area contributed by atoms with Crippen molar-refractivity contribution in [3.63, 3.8) is 0 Å². The summed E-state index contributed by atoms with van der Waals surface area (Å²) in [4.78, 5) is 24.1. The highest BCUT2D eigenvalue weighted by molar-refractivity contribution is 5.98. The van der Waals surface area contributed by atoms with Crippen LogP contribution in [0.3, 0.4) is 0 Å². The Morgan fingerprint density at radius 1 is 0.920 bits per heavy atom. The highest BCUT2D eigenvalue weighted by atomic mass is 16.5. The lowest BCUT2D eigenvalue weighted by Gasteiger charge is -2.12. The number of nitrogens with one attached hydrogen (secondary N) is 2. The maximum atomic E-state index is 12.2. The molecule has 0 spiro atoms. The third-order valence-corrected chi connectivity index (χ3v) is 3.48. The summed E-state index contributed by atoms with van der Waals surface area (Å²) >= 11 is 0. The second kappa shape index (κ2) is 8.19. The molecule has 132 valence electrons. The molecule has 0 aliphatic rings. The Bertz CT molecular complexity index is 767. The molecule has 0 aliphatic carbocycles. The first-order chi connectivity index (χ1) is 11.9. The quantitative estimate of drug-likeness (QED) is 0.819. The van der Waals surface area contributed by atoms with Crippen molar-refractivity contribution >= 4 is 11.8 Å². The van der Waals surface area contributed by atoms with E-state index in [1.807, 2.05) is 45.0 Å². The van der Waals surface area contributed by atoms with E-state index in [0.29, 0.717) is 17.1 Å². The normalized spacial score (nSPS) is 10.1. The summed E-state index contributed by atoms with van der Waals surface area (Å²) in [7, 11) is 1.48. The lowest BCUT2D eigenvalue weighted by Crippen LogP contribution is -2.43. The number of methoxy groups -OCH3 is 1. The number of ether oxygens (including phenoxy) is 2. The molecule has 0 bridgehead atoms. The maximum Gasteiger partial charge on any atom is 0.276 e. The number of hydrazine groups is 1. The average Bonchev–Trinajstić information content (AvgIpc) is 2.57. The number of hydrogen-bond acceptors (Lipinski definition) is 4. The highest BCUT2D eigenvalue weighted by Gasteiger charge is 2.13. The fourth-order valence-electron chi connectivity index (χ4n) is 2.39. The van der Waals surface area contributed by atoms with E-state index in [9.17, 15) is 9.59 Å². The van der Waals surface area contributed by atoms with Crippen LogP contribution in [0.25, 0.3) is 0 Å². The van der Waals surface area contributed by atoms with E-state index in [1.165, 1.54) is 7.11 Å². The van der Waals surface area contributed by atoms with Crippen LogP contribution in [0.15, 0.2) is 36.4 Å². The monoisotopic (exact) mass is 342 g/mol. The van der Waals surface area contributed by atoms with Gasteiger partial charge < -0.3 is 9.47 Å². The van der Waals surface area contributed by atoms with Gasteiger partial charge in [-0.2, -0.15) is 0 Å². The fourth-order valence-corrected chi connectivity index (χ4v) is 2.39. The Kier molecular flexibility index (Phi) is 6.00. The van der Waals surface area contributed by atoms with Gasteiger partial charge in [-0.05, 0) is 56.2 Å². The third-order valence-electron chi connectivity index (χ3n) is 3.48. The van der Waals surface area contributed by atoms with Crippen LogP contribution in [0, 0.1) is 20.8 Å². The van der Waals surface area contributed by atoms with Gasteiger partial charge in [-0.15, -0.1) is 0 Å². The van der Waals surface area contributed by atoms with Crippen molar-refractivity contribution in [1.82, 2.24) is 10.9 Å². The molecule has 2 rings (SSSR count). The van der Waals surface area contributed by atoms with Gasteiger partial charge >= 0.3 is 0 Å². The largest absolute Gasteiger partial charge is 0.496 e. The van der Waals surface area contributed by atoms with Crippen LogP contribution in [0.2, 0.25) is 0 Å². The molecule has 0 radical (unpaired) electrons. The minimum Gasteiger partial charge on any atom is -0.496 e. The van der Waals surface area contributed by atoms with Gasteiger partial charge in [-0.3, -0.25) is 20.4 Å². The zero-order valence-corrected chi connectivity index (χ0v) is 14.8. The summed E-state index contributed by atoms with van der Waals surface area (Å²) in [6, 6.07) is 10.9. The van der Waals surface area contributed by atoms with E-state index in [4.69, 9.17) is 9.47 Å². The first kappa shape index (κ1) is 18.3. The molecular formula is C19H22N2O4. The number of aryl methyl sites for hydroxylation is 3. The van der Waals surface area contributed by atoms with E-state index in [2.05, 4.69) is 10.9 Å². The van der Waals surface area contributed by atoms with Crippen LogP contribution in [0.4, 0.5) is 0 Å². The van der Waals surface area contributed by atoms with Crippen LogP contribution in [0.1, 0.15) is 27.0 Å².